The van der Waals surface area contributed by atoms with Gasteiger partial charge < -0.3 is 31.3 Å². The summed E-state index contributed by atoms with van der Waals surface area (Å²) in [5, 5.41) is 8.88. The molecule has 7 nitrogen and oxygen atoms in total. The summed E-state index contributed by atoms with van der Waals surface area (Å²) < 4.78 is 44.5. The third-order valence-corrected chi connectivity index (χ3v) is 5.59. The van der Waals surface area contributed by atoms with Crippen LogP contribution in [-0.4, -0.2) is 42.3 Å². The average Bonchev–Trinajstić information content (AvgIpc) is 2.79. The minimum absolute atomic E-state index is 0.135. The van der Waals surface area contributed by atoms with Crippen LogP contribution in [0.5, 0.6) is 0 Å². The molecule has 0 spiro atoms. The van der Waals surface area contributed by atoms with Crippen LogP contribution in [-0.2, 0) is 23.0 Å². The third-order valence-electron chi connectivity index (χ3n) is 5.39. The highest BCUT2D eigenvalue weighted by Gasteiger charge is 2.32. The number of ether oxygens (including phenoxy) is 1. The first-order valence-electron chi connectivity index (χ1n) is 10.6. The van der Waals surface area contributed by atoms with Crippen LogP contribution in [0.2, 0.25) is 0 Å². The smallest absolute Gasteiger partial charge is 0.397 e. The van der Waals surface area contributed by atoms with Crippen molar-refractivity contribution in [3.05, 3.63) is 66.1 Å². The molecule has 11 heteroatoms. The Balaban J connectivity index is 1.64. The van der Waals surface area contributed by atoms with Crippen molar-refractivity contribution in [3.63, 3.8) is 0 Å². The molecule has 0 bridgehead atoms. The molecule has 1 saturated heterocycles. The number of hydrogen-bond acceptors (Lipinski definition) is 4. The molecule has 183 valence electrons. The highest BCUT2D eigenvalue weighted by atomic mass is 32.1. The van der Waals surface area contributed by atoms with Crippen LogP contribution < -0.4 is 21.7 Å². The molecule has 0 aliphatic carbocycles. The fourth-order valence-electron chi connectivity index (χ4n) is 3.44. The van der Waals surface area contributed by atoms with Crippen LogP contribution in [0, 0.1) is 6.92 Å². The van der Waals surface area contributed by atoms with Crippen molar-refractivity contribution in [2.45, 2.75) is 25.2 Å². The molecule has 2 amide bonds. The predicted molar refractivity (Wildman–Crippen MR) is 129 cm³/mol. The Morgan fingerprint density at radius 3 is 2.50 bits per heavy atom. The number of urea groups is 1. The van der Waals surface area contributed by atoms with Gasteiger partial charge in [0.05, 0.1) is 35.7 Å². The van der Waals surface area contributed by atoms with E-state index in [0.717, 1.165) is 12.1 Å². The standard InChI is InChI=1S/C23H27F3N5O2S/c1-22(2,16-6-4-7-17(13-16)23(24,25)26)30-20(34)29-18-8-3-5-15(19(18)27)14-28-21(32)31-9-11-33-12-10-31/h3-8,13H,1,9-12,14,27H2,2H3,(H,28,32)(H2,29,30,34). The quantitative estimate of drug-likeness (QED) is 0.373. The number of anilines is 2. The lowest BCUT2D eigenvalue weighted by atomic mass is 9.93. The first-order valence-corrected chi connectivity index (χ1v) is 11.0. The van der Waals surface area contributed by atoms with Crippen molar-refractivity contribution < 1.29 is 22.7 Å². The zero-order valence-electron chi connectivity index (χ0n) is 18.7. The van der Waals surface area contributed by atoms with Gasteiger partial charge in [-0.25, -0.2) is 4.79 Å². The summed E-state index contributed by atoms with van der Waals surface area (Å²) in [5.74, 6) is 0. The number of nitrogen functional groups attached to an aromatic ring is 1. The summed E-state index contributed by atoms with van der Waals surface area (Å²) in [6.45, 7) is 7.88. The Labute approximate surface area is 201 Å². The second-order valence-electron chi connectivity index (χ2n) is 8.13. The van der Waals surface area contributed by atoms with Gasteiger partial charge >= 0.3 is 12.2 Å². The Hall–Kier alpha value is -3.05. The van der Waals surface area contributed by atoms with Crippen LogP contribution in [0.3, 0.4) is 0 Å². The minimum atomic E-state index is -4.46. The maximum atomic E-state index is 13.1. The molecule has 1 atom stereocenters. The van der Waals surface area contributed by atoms with Crippen LogP contribution >= 0.6 is 12.2 Å². The van der Waals surface area contributed by atoms with Crippen LogP contribution in [0.15, 0.2) is 42.5 Å². The number of para-hydroxylation sites is 1. The van der Waals surface area contributed by atoms with Crippen molar-refractivity contribution in [1.82, 2.24) is 15.5 Å². The number of carbonyl (C=O) groups is 1. The van der Waals surface area contributed by atoms with E-state index in [1.807, 2.05) is 0 Å². The van der Waals surface area contributed by atoms with E-state index < -0.39 is 17.3 Å². The van der Waals surface area contributed by atoms with Crippen molar-refractivity contribution >= 4 is 34.7 Å². The average molecular weight is 495 g/mol. The molecule has 3 rings (SSSR count). The molecule has 1 aliphatic rings. The van der Waals surface area contributed by atoms with Crippen LogP contribution in [0.25, 0.3) is 0 Å². The molecule has 1 heterocycles. The molecule has 2 aromatic rings. The number of nitrogens with two attached hydrogens (primary N) is 1. The van der Waals surface area contributed by atoms with Gasteiger partial charge in [0.1, 0.15) is 0 Å². The number of nitrogens with zero attached hydrogens (tertiary/aromatic N) is 1. The molecule has 0 aromatic heterocycles. The fraction of sp³-hybridized carbons (Fsp3) is 0.348. The normalized spacial score (nSPS) is 14.4. The van der Waals surface area contributed by atoms with Gasteiger partial charge in [-0.1, -0.05) is 24.3 Å². The first-order chi connectivity index (χ1) is 16.0. The summed E-state index contributed by atoms with van der Waals surface area (Å²) in [7, 11) is 0. The third kappa shape index (κ3) is 6.51. The molecule has 1 unspecified atom stereocenters. The van der Waals surface area contributed by atoms with Gasteiger partial charge in [-0.15, -0.1) is 0 Å². The van der Waals surface area contributed by atoms with E-state index in [2.05, 4.69) is 22.9 Å². The number of benzene rings is 2. The van der Waals surface area contributed by atoms with Gasteiger partial charge in [0.15, 0.2) is 5.11 Å². The van der Waals surface area contributed by atoms with E-state index in [-0.39, 0.29) is 17.7 Å². The summed E-state index contributed by atoms with van der Waals surface area (Å²) in [6.07, 6.45) is -4.46. The van der Waals surface area contributed by atoms with Gasteiger partial charge in [0, 0.05) is 19.6 Å². The second-order valence-corrected chi connectivity index (χ2v) is 8.53. The van der Waals surface area contributed by atoms with E-state index in [9.17, 15) is 18.0 Å². The number of alkyl halides is 3. The summed E-state index contributed by atoms with van der Waals surface area (Å²) in [4.78, 5) is 14.0. The van der Waals surface area contributed by atoms with Crippen LogP contribution in [0.1, 0.15) is 23.6 Å². The number of morpholine rings is 1. The molecule has 2 aromatic carbocycles. The molecule has 5 N–H and O–H groups in total. The monoisotopic (exact) mass is 494 g/mol. The second kappa shape index (κ2) is 10.5. The van der Waals surface area contributed by atoms with Gasteiger partial charge in [0.2, 0.25) is 0 Å². The Morgan fingerprint density at radius 1 is 1.18 bits per heavy atom. The SMILES string of the molecule is [CH2]C(C)(NC(=S)Nc1cccc(CNC(=O)N2CCOCC2)c1N)c1cccc(C(F)(F)F)c1. The van der Waals surface area contributed by atoms with E-state index >= 15 is 0 Å². The number of thiocarbonyl (C=S) groups is 1. The lowest BCUT2D eigenvalue weighted by Gasteiger charge is -2.29. The molecular weight excluding hydrogens is 467 g/mol. The summed E-state index contributed by atoms with van der Waals surface area (Å²) >= 11 is 5.36. The number of amides is 2. The number of carbonyl (C=O) groups excluding carboxylic acids is 1. The lowest BCUT2D eigenvalue weighted by molar-refractivity contribution is -0.137. The van der Waals surface area contributed by atoms with E-state index in [1.54, 1.807) is 36.1 Å². The Morgan fingerprint density at radius 2 is 1.82 bits per heavy atom. The van der Waals surface area contributed by atoms with Crippen molar-refractivity contribution in [2.24, 2.45) is 0 Å². The Bertz CT molecular complexity index is 1040. The number of nitrogens with one attached hydrogen (secondary N) is 3. The van der Waals surface area contributed by atoms with Gasteiger partial charge in [-0.2, -0.15) is 13.2 Å². The zero-order chi connectivity index (χ0) is 24.9. The number of halogens is 3. The molecular formula is C23H27F3N5O2S. The van der Waals surface area contributed by atoms with Crippen molar-refractivity contribution in [3.8, 4) is 0 Å². The van der Waals surface area contributed by atoms with Crippen molar-refractivity contribution in [2.75, 3.05) is 37.4 Å². The van der Waals surface area contributed by atoms with E-state index in [1.165, 1.54) is 6.07 Å². The summed E-state index contributed by atoms with van der Waals surface area (Å²) in [5.41, 5.74) is 6.25. The maximum Gasteiger partial charge on any atom is 0.416 e. The highest BCUT2D eigenvalue weighted by Crippen LogP contribution is 2.32. The topological polar surface area (TPSA) is 91.6 Å². The molecule has 0 saturated carbocycles. The molecule has 34 heavy (non-hydrogen) atoms. The number of rotatable bonds is 5. The number of hydrogen-bond donors (Lipinski definition) is 4. The van der Waals surface area contributed by atoms with Crippen LogP contribution in [0.4, 0.5) is 29.3 Å². The molecule has 1 radical (unpaired) electrons. The first kappa shape index (κ1) is 25.6. The minimum Gasteiger partial charge on any atom is -0.397 e. The molecule has 1 fully saturated rings. The maximum absolute atomic E-state index is 13.1. The van der Waals surface area contributed by atoms with Gasteiger partial charge in [0.25, 0.3) is 0 Å². The van der Waals surface area contributed by atoms with E-state index in [0.29, 0.717) is 48.8 Å². The van der Waals surface area contributed by atoms with Gasteiger partial charge in [-0.3, -0.25) is 0 Å². The lowest BCUT2D eigenvalue weighted by Crippen LogP contribution is -2.46. The Kier molecular flexibility index (Phi) is 7.88. The fourth-order valence-corrected chi connectivity index (χ4v) is 3.78. The predicted octanol–water partition coefficient (Wildman–Crippen LogP) is 3.87. The highest BCUT2D eigenvalue weighted by molar-refractivity contribution is 7.80. The van der Waals surface area contributed by atoms with Crippen molar-refractivity contribution in [1.29, 1.82) is 0 Å². The zero-order valence-corrected chi connectivity index (χ0v) is 19.5. The van der Waals surface area contributed by atoms with E-state index in [4.69, 9.17) is 22.7 Å². The summed E-state index contributed by atoms with van der Waals surface area (Å²) in [6, 6.07) is 9.96. The largest absolute Gasteiger partial charge is 0.416 e. The molecule has 1 aliphatic heterocycles. The van der Waals surface area contributed by atoms with Gasteiger partial charge in [-0.05, 0) is 55.4 Å².